The van der Waals surface area contributed by atoms with Crippen molar-refractivity contribution in [1.82, 2.24) is 4.90 Å². The first-order valence-electron chi connectivity index (χ1n) is 6.79. The lowest BCUT2D eigenvalue weighted by Gasteiger charge is -2.25. The summed E-state index contributed by atoms with van der Waals surface area (Å²) in [6.45, 7) is 5.17. The van der Waals surface area contributed by atoms with Crippen LogP contribution >= 0.6 is 0 Å². The summed E-state index contributed by atoms with van der Waals surface area (Å²) in [4.78, 5) is 2.24. The largest absolute Gasteiger partial charge is 0.496 e. The molecule has 0 saturated carbocycles. The molecule has 0 aliphatic heterocycles. The Labute approximate surface area is 115 Å². The van der Waals surface area contributed by atoms with E-state index in [1.165, 1.54) is 13.2 Å². The van der Waals surface area contributed by atoms with Crippen molar-refractivity contribution >= 4 is 0 Å². The Balaban J connectivity index is 2.71. The van der Waals surface area contributed by atoms with Crippen LogP contribution in [0.3, 0.4) is 0 Å². The molecule has 0 aliphatic rings. The van der Waals surface area contributed by atoms with Crippen LogP contribution in [-0.4, -0.2) is 31.6 Å². The SMILES string of the molecule is CCC(C)N(C)CCC(N)c1c(F)cccc1OC. The van der Waals surface area contributed by atoms with E-state index in [4.69, 9.17) is 10.5 Å². The molecule has 4 heteroatoms. The van der Waals surface area contributed by atoms with E-state index < -0.39 is 0 Å². The monoisotopic (exact) mass is 268 g/mol. The summed E-state index contributed by atoms with van der Waals surface area (Å²) in [5.41, 5.74) is 6.59. The number of methoxy groups -OCH3 is 1. The minimum absolute atomic E-state index is 0.293. The zero-order chi connectivity index (χ0) is 14.4. The molecule has 0 amide bonds. The molecule has 2 unspecified atom stereocenters. The number of rotatable bonds is 7. The Morgan fingerprint density at radius 3 is 2.68 bits per heavy atom. The van der Waals surface area contributed by atoms with Crippen LogP contribution in [0.1, 0.15) is 38.3 Å². The van der Waals surface area contributed by atoms with Gasteiger partial charge in [0.25, 0.3) is 0 Å². The van der Waals surface area contributed by atoms with Crippen LogP contribution in [0.25, 0.3) is 0 Å². The molecule has 0 bridgehead atoms. The Bertz CT molecular complexity index is 398. The molecule has 2 atom stereocenters. The summed E-state index contributed by atoms with van der Waals surface area (Å²) >= 11 is 0. The molecule has 108 valence electrons. The van der Waals surface area contributed by atoms with Gasteiger partial charge in [0.1, 0.15) is 11.6 Å². The maximum absolute atomic E-state index is 13.9. The van der Waals surface area contributed by atoms with E-state index in [2.05, 4.69) is 25.8 Å². The van der Waals surface area contributed by atoms with Gasteiger partial charge < -0.3 is 15.4 Å². The molecule has 0 heterocycles. The van der Waals surface area contributed by atoms with Crippen molar-refractivity contribution < 1.29 is 9.13 Å². The van der Waals surface area contributed by atoms with Crippen molar-refractivity contribution in [3.05, 3.63) is 29.6 Å². The molecule has 0 fully saturated rings. The van der Waals surface area contributed by atoms with Crippen molar-refractivity contribution in [2.45, 2.75) is 38.8 Å². The number of hydrogen-bond donors (Lipinski definition) is 1. The zero-order valence-corrected chi connectivity index (χ0v) is 12.3. The Kier molecular flexibility index (Phi) is 6.25. The number of hydrogen-bond acceptors (Lipinski definition) is 3. The number of ether oxygens (including phenoxy) is 1. The second-order valence-electron chi connectivity index (χ2n) is 4.99. The maximum atomic E-state index is 13.9. The third kappa shape index (κ3) is 4.18. The molecule has 0 aliphatic carbocycles. The molecular weight excluding hydrogens is 243 g/mol. The van der Waals surface area contributed by atoms with Crippen molar-refractivity contribution in [2.24, 2.45) is 5.73 Å². The Hall–Kier alpha value is -1.13. The van der Waals surface area contributed by atoms with Crippen LogP contribution in [0, 0.1) is 5.82 Å². The minimum atomic E-state index is -0.345. The van der Waals surface area contributed by atoms with Crippen LogP contribution in [0.4, 0.5) is 4.39 Å². The summed E-state index contributed by atoms with van der Waals surface area (Å²) in [5, 5.41) is 0. The highest BCUT2D eigenvalue weighted by Crippen LogP contribution is 2.28. The smallest absolute Gasteiger partial charge is 0.131 e. The molecule has 19 heavy (non-hydrogen) atoms. The quantitative estimate of drug-likeness (QED) is 0.826. The van der Waals surface area contributed by atoms with E-state index in [0.29, 0.717) is 23.8 Å². The van der Waals surface area contributed by atoms with Gasteiger partial charge in [-0.3, -0.25) is 0 Å². The number of nitrogens with two attached hydrogens (primary N) is 1. The van der Waals surface area contributed by atoms with Gasteiger partial charge in [0.15, 0.2) is 0 Å². The minimum Gasteiger partial charge on any atom is -0.496 e. The topological polar surface area (TPSA) is 38.5 Å². The van der Waals surface area contributed by atoms with E-state index in [1.54, 1.807) is 12.1 Å². The highest BCUT2D eigenvalue weighted by Gasteiger charge is 2.18. The third-order valence-electron chi connectivity index (χ3n) is 3.74. The highest BCUT2D eigenvalue weighted by atomic mass is 19.1. The van der Waals surface area contributed by atoms with Gasteiger partial charge in [-0.15, -0.1) is 0 Å². The van der Waals surface area contributed by atoms with E-state index in [-0.39, 0.29) is 11.9 Å². The molecule has 3 nitrogen and oxygen atoms in total. The second-order valence-corrected chi connectivity index (χ2v) is 4.99. The summed E-state index contributed by atoms with van der Waals surface area (Å²) in [6, 6.07) is 4.97. The van der Waals surface area contributed by atoms with Gasteiger partial charge in [0.05, 0.1) is 7.11 Å². The van der Waals surface area contributed by atoms with Crippen LogP contribution in [-0.2, 0) is 0 Å². The molecular formula is C15H25FN2O. The van der Waals surface area contributed by atoms with Crippen LogP contribution < -0.4 is 10.5 Å². The molecule has 1 aromatic carbocycles. The summed E-state index contributed by atoms with van der Waals surface area (Å²) in [6.07, 6.45) is 1.80. The fraction of sp³-hybridized carbons (Fsp3) is 0.600. The van der Waals surface area contributed by atoms with Crippen LogP contribution in [0.15, 0.2) is 18.2 Å². The zero-order valence-electron chi connectivity index (χ0n) is 12.3. The molecule has 0 radical (unpaired) electrons. The lowest BCUT2D eigenvalue weighted by Crippen LogP contribution is -2.31. The average Bonchev–Trinajstić information content (AvgIpc) is 2.42. The number of nitrogens with zero attached hydrogens (tertiary/aromatic N) is 1. The highest BCUT2D eigenvalue weighted by molar-refractivity contribution is 5.37. The van der Waals surface area contributed by atoms with E-state index in [9.17, 15) is 4.39 Å². The molecule has 0 saturated heterocycles. The predicted octanol–water partition coefficient (Wildman–Crippen LogP) is 2.95. The van der Waals surface area contributed by atoms with Crippen molar-refractivity contribution in [3.63, 3.8) is 0 Å². The van der Waals surface area contributed by atoms with Gasteiger partial charge >= 0.3 is 0 Å². The van der Waals surface area contributed by atoms with Gasteiger partial charge in [-0.05, 0) is 45.5 Å². The van der Waals surface area contributed by atoms with Crippen molar-refractivity contribution in [3.8, 4) is 5.75 Å². The Morgan fingerprint density at radius 1 is 1.42 bits per heavy atom. The van der Waals surface area contributed by atoms with E-state index in [0.717, 1.165) is 13.0 Å². The molecule has 1 aromatic rings. The summed E-state index contributed by atoms with van der Waals surface area (Å²) in [7, 11) is 3.61. The normalized spacial score (nSPS) is 14.5. The van der Waals surface area contributed by atoms with Gasteiger partial charge in [-0.2, -0.15) is 0 Å². The third-order valence-corrected chi connectivity index (χ3v) is 3.74. The van der Waals surface area contributed by atoms with Gasteiger partial charge in [0.2, 0.25) is 0 Å². The lowest BCUT2D eigenvalue weighted by atomic mass is 10.0. The lowest BCUT2D eigenvalue weighted by molar-refractivity contribution is 0.241. The molecule has 2 N–H and O–H groups in total. The fourth-order valence-corrected chi connectivity index (χ4v) is 2.07. The standard InChI is InChI=1S/C15H25FN2O/c1-5-11(2)18(3)10-9-13(17)15-12(16)7-6-8-14(15)19-4/h6-8,11,13H,5,9-10,17H2,1-4H3. The number of halogens is 1. The molecule has 1 rings (SSSR count). The molecule has 0 aromatic heterocycles. The van der Waals surface area contributed by atoms with E-state index >= 15 is 0 Å². The fourth-order valence-electron chi connectivity index (χ4n) is 2.07. The van der Waals surface area contributed by atoms with Crippen molar-refractivity contribution in [1.29, 1.82) is 0 Å². The first kappa shape index (κ1) is 15.9. The van der Waals surface area contributed by atoms with Gasteiger partial charge in [-0.25, -0.2) is 4.39 Å². The van der Waals surface area contributed by atoms with Gasteiger partial charge in [-0.1, -0.05) is 13.0 Å². The first-order valence-corrected chi connectivity index (χ1v) is 6.79. The van der Waals surface area contributed by atoms with Gasteiger partial charge in [0, 0.05) is 17.6 Å². The van der Waals surface area contributed by atoms with E-state index in [1.807, 2.05) is 0 Å². The Morgan fingerprint density at radius 2 is 2.11 bits per heavy atom. The van der Waals surface area contributed by atoms with Crippen molar-refractivity contribution in [2.75, 3.05) is 20.7 Å². The average molecular weight is 268 g/mol. The van der Waals surface area contributed by atoms with Crippen LogP contribution in [0.5, 0.6) is 5.75 Å². The predicted molar refractivity (Wildman–Crippen MR) is 76.9 cm³/mol. The summed E-state index contributed by atoms with van der Waals surface area (Å²) in [5.74, 6) is 0.233. The first-order chi connectivity index (χ1) is 9.01. The second kappa shape index (κ2) is 7.46. The number of benzene rings is 1. The summed E-state index contributed by atoms with van der Waals surface area (Å²) < 4.78 is 19.1. The molecule has 0 spiro atoms. The maximum Gasteiger partial charge on any atom is 0.131 e. The van der Waals surface area contributed by atoms with Crippen LogP contribution in [0.2, 0.25) is 0 Å².